The third kappa shape index (κ3) is 8.29. The molecule has 0 aromatic heterocycles. The van der Waals surface area contributed by atoms with E-state index in [0.29, 0.717) is 18.6 Å². The Kier molecular flexibility index (Phi) is 11.1. The first kappa shape index (κ1) is 31.1. The van der Waals surface area contributed by atoms with Crippen LogP contribution in [0.3, 0.4) is 0 Å². The lowest BCUT2D eigenvalue weighted by Crippen LogP contribution is -2.39. The summed E-state index contributed by atoms with van der Waals surface area (Å²) in [7, 11) is 0. The number of allylic oxidation sites excluding steroid dienone is 4. The molecule has 2 N–H and O–H groups in total. The SMILES string of the molecule is C=CC(=O)OCC(COC(CO)COc1ccc(C(C)(C)C2=CC(C)=C2)cc1)OC(=O)C1CCCCC1C(=O)O. The average Bonchev–Trinajstić information content (AvgIpc) is 2.93. The molecule has 2 aliphatic carbocycles. The van der Waals surface area contributed by atoms with E-state index in [9.17, 15) is 24.6 Å². The van der Waals surface area contributed by atoms with Gasteiger partial charge in [0.2, 0.25) is 0 Å². The molecule has 0 spiro atoms. The molecule has 1 saturated carbocycles. The van der Waals surface area contributed by atoms with Crippen LogP contribution >= 0.6 is 0 Å². The van der Waals surface area contributed by atoms with Crippen LogP contribution in [0.15, 0.2) is 60.2 Å². The molecule has 0 heterocycles. The first-order chi connectivity index (χ1) is 19.0. The van der Waals surface area contributed by atoms with Gasteiger partial charge in [-0.2, -0.15) is 0 Å². The Labute approximate surface area is 235 Å². The third-order valence-electron chi connectivity index (χ3n) is 7.47. The van der Waals surface area contributed by atoms with E-state index < -0.39 is 42.0 Å². The molecule has 218 valence electrons. The zero-order valence-corrected chi connectivity index (χ0v) is 23.5. The molecule has 3 rings (SSSR count). The lowest BCUT2D eigenvalue weighted by molar-refractivity contribution is -0.172. The second-order valence-electron chi connectivity index (χ2n) is 10.8. The minimum Gasteiger partial charge on any atom is -0.491 e. The summed E-state index contributed by atoms with van der Waals surface area (Å²) in [6, 6.07) is 7.74. The second-order valence-corrected chi connectivity index (χ2v) is 10.8. The predicted molar refractivity (Wildman–Crippen MR) is 148 cm³/mol. The van der Waals surface area contributed by atoms with Crippen LogP contribution in [0.25, 0.3) is 0 Å². The molecule has 0 radical (unpaired) electrons. The third-order valence-corrected chi connectivity index (χ3v) is 7.47. The minimum absolute atomic E-state index is 0.0309. The molecule has 0 saturated heterocycles. The Morgan fingerprint density at radius 2 is 1.68 bits per heavy atom. The molecular weight excluding hydrogens is 516 g/mol. The highest BCUT2D eigenvalue weighted by molar-refractivity contribution is 5.82. The van der Waals surface area contributed by atoms with Crippen molar-refractivity contribution in [2.24, 2.45) is 11.8 Å². The number of hydrogen-bond donors (Lipinski definition) is 2. The van der Waals surface area contributed by atoms with Crippen LogP contribution < -0.4 is 4.74 Å². The molecule has 1 aromatic rings. The molecule has 2 aliphatic rings. The van der Waals surface area contributed by atoms with Crippen molar-refractivity contribution in [1.82, 2.24) is 0 Å². The Balaban J connectivity index is 1.56. The van der Waals surface area contributed by atoms with Crippen molar-refractivity contribution < 1.29 is 43.5 Å². The van der Waals surface area contributed by atoms with Gasteiger partial charge in [0.25, 0.3) is 0 Å². The fourth-order valence-electron chi connectivity index (χ4n) is 4.87. The van der Waals surface area contributed by atoms with Gasteiger partial charge in [-0.1, -0.05) is 63.1 Å². The highest BCUT2D eigenvalue weighted by Gasteiger charge is 2.38. The summed E-state index contributed by atoms with van der Waals surface area (Å²) in [5.41, 5.74) is 3.54. The molecule has 1 aromatic carbocycles. The van der Waals surface area contributed by atoms with Gasteiger partial charge in [0, 0.05) is 11.5 Å². The Bertz CT molecular complexity index is 1120. The van der Waals surface area contributed by atoms with Crippen LogP contribution in [0.2, 0.25) is 0 Å². The fourth-order valence-corrected chi connectivity index (χ4v) is 4.87. The van der Waals surface area contributed by atoms with Crippen molar-refractivity contribution in [2.45, 2.75) is 64.1 Å². The fraction of sp³-hybridized carbons (Fsp3) is 0.516. The number of aliphatic carboxylic acids is 1. The van der Waals surface area contributed by atoms with Crippen LogP contribution in [-0.4, -0.2) is 66.8 Å². The zero-order valence-electron chi connectivity index (χ0n) is 23.5. The van der Waals surface area contributed by atoms with Gasteiger partial charge in [-0.25, -0.2) is 4.79 Å². The summed E-state index contributed by atoms with van der Waals surface area (Å²) >= 11 is 0. The predicted octanol–water partition coefficient (Wildman–Crippen LogP) is 4.14. The standard InChI is InChI=1S/C31H40O9/c1-5-28(33)39-19-25(40-30(36)27-9-7-6-8-26(27)29(34)35)18-38-24(16-32)17-37-23-12-10-21(11-13-23)31(3,4)22-14-20(2)15-22/h5,10-15,24-27,32H,1,6-9,16-19H2,2-4H3,(H,34,35). The summed E-state index contributed by atoms with van der Waals surface area (Å²) in [6.45, 7) is 8.93. The molecular formula is C31H40O9. The summed E-state index contributed by atoms with van der Waals surface area (Å²) in [4.78, 5) is 36.1. The summed E-state index contributed by atoms with van der Waals surface area (Å²) in [6.07, 6.45) is 5.87. The van der Waals surface area contributed by atoms with Crippen molar-refractivity contribution in [2.75, 3.05) is 26.4 Å². The van der Waals surface area contributed by atoms with Gasteiger partial charge in [0.15, 0.2) is 6.10 Å². The lowest BCUT2D eigenvalue weighted by Gasteiger charge is -2.31. The van der Waals surface area contributed by atoms with Crippen LogP contribution in [0, 0.1) is 11.8 Å². The zero-order chi connectivity index (χ0) is 29.3. The Hall–Kier alpha value is -3.43. The molecule has 9 nitrogen and oxygen atoms in total. The molecule has 1 fully saturated rings. The number of carbonyl (C=O) groups excluding carboxylic acids is 2. The quantitative estimate of drug-likeness (QED) is 0.242. The number of aliphatic hydroxyl groups is 1. The molecule has 0 bridgehead atoms. The maximum Gasteiger partial charge on any atom is 0.330 e. The Morgan fingerprint density at radius 1 is 1.02 bits per heavy atom. The van der Waals surface area contributed by atoms with Gasteiger partial charge in [-0.05, 0) is 43.0 Å². The number of benzene rings is 1. The van der Waals surface area contributed by atoms with Gasteiger partial charge >= 0.3 is 17.9 Å². The summed E-state index contributed by atoms with van der Waals surface area (Å²) in [5, 5.41) is 19.3. The molecule has 9 heteroatoms. The highest BCUT2D eigenvalue weighted by atomic mass is 16.6. The number of hydrogen-bond acceptors (Lipinski definition) is 8. The Morgan fingerprint density at radius 3 is 2.25 bits per heavy atom. The minimum atomic E-state index is -1.03. The maximum absolute atomic E-state index is 12.9. The molecule has 4 unspecified atom stereocenters. The van der Waals surface area contributed by atoms with Crippen LogP contribution in [0.1, 0.15) is 52.0 Å². The van der Waals surface area contributed by atoms with E-state index in [0.717, 1.165) is 24.5 Å². The second kappa shape index (κ2) is 14.3. The monoisotopic (exact) mass is 556 g/mol. The number of rotatable bonds is 15. The topological polar surface area (TPSA) is 129 Å². The van der Waals surface area contributed by atoms with E-state index >= 15 is 0 Å². The number of carboxylic acids is 1. The maximum atomic E-state index is 12.9. The van der Waals surface area contributed by atoms with E-state index in [4.69, 9.17) is 18.9 Å². The van der Waals surface area contributed by atoms with Crippen LogP contribution in [0.5, 0.6) is 5.75 Å². The average molecular weight is 557 g/mol. The molecule has 40 heavy (non-hydrogen) atoms. The highest BCUT2D eigenvalue weighted by Crippen LogP contribution is 2.38. The number of esters is 2. The number of aliphatic hydroxyl groups excluding tert-OH is 1. The van der Waals surface area contributed by atoms with Gasteiger partial charge < -0.3 is 29.2 Å². The van der Waals surface area contributed by atoms with Gasteiger partial charge in [-0.3, -0.25) is 9.59 Å². The first-order valence-electron chi connectivity index (χ1n) is 13.6. The van der Waals surface area contributed by atoms with E-state index in [1.807, 2.05) is 24.3 Å². The van der Waals surface area contributed by atoms with Crippen molar-refractivity contribution >= 4 is 17.9 Å². The number of carboxylic acid groups (broad SMARTS) is 1. The largest absolute Gasteiger partial charge is 0.491 e. The number of carbonyl (C=O) groups is 3. The molecule has 4 atom stereocenters. The first-order valence-corrected chi connectivity index (χ1v) is 13.6. The summed E-state index contributed by atoms with van der Waals surface area (Å²) in [5.74, 6) is -3.40. The van der Waals surface area contributed by atoms with Crippen molar-refractivity contribution in [3.8, 4) is 5.75 Å². The smallest absolute Gasteiger partial charge is 0.330 e. The van der Waals surface area contributed by atoms with Gasteiger partial charge in [-0.15, -0.1) is 0 Å². The van der Waals surface area contributed by atoms with Crippen molar-refractivity contribution in [1.29, 1.82) is 0 Å². The van der Waals surface area contributed by atoms with E-state index in [1.165, 1.54) is 11.1 Å². The summed E-state index contributed by atoms with van der Waals surface area (Å²) < 4.78 is 22.2. The normalized spacial score (nSPS) is 20.2. The van der Waals surface area contributed by atoms with E-state index in [1.54, 1.807) is 0 Å². The van der Waals surface area contributed by atoms with Crippen LogP contribution in [0.4, 0.5) is 0 Å². The van der Waals surface area contributed by atoms with Gasteiger partial charge in [0.1, 0.15) is 25.1 Å². The lowest BCUT2D eigenvalue weighted by atomic mass is 9.73. The number of ether oxygens (including phenoxy) is 4. The molecule has 0 aliphatic heterocycles. The molecule has 0 amide bonds. The van der Waals surface area contributed by atoms with Crippen molar-refractivity contribution in [3.05, 3.63) is 65.8 Å². The van der Waals surface area contributed by atoms with Crippen LogP contribution in [-0.2, 0) is 34.0 Å². The van der Waals surface area contributed by atoms with E-state index in [2.05, 4.69) is 39.5 Å². The van der Waals surface area contributed by atoms with Gasteiger partial charge in [0.05, 0.1) is 25.0 Å². The van der Waals surface area contributed by atoms with E-state index in [-0.39, 0.29) is 31.8 Å². The van der Waals surface area contributed by atoms with Crippen molar-refractivity contribution in [3.63, 3.8) is 0 Å².